The molecular weight excluding hydrogens is 326 g/mol. The molecule has 0 amide bonds. The molecule has 0 heterocycles. The minimum atomic E-state index is 0.134. The zero-order chi connectivity index (χ0) is 18.9. The van der Waals surface area contributed by atoms with Crippen molar-refractivity contribution in [2.24, 2.45) is 4.99 Å². The highest BCUT2D eigenvalue weighted by Crippen LogP contribution is 2.22. The number of benzene rings is 1. The lowest BCUT2D eigenvalue weighted by molar-refractivity contribution is 0.291. The Hall–Kier alpha value is -1.55. The van der Waals surface area contributed by atoms with Gasteiger partial charge in [-0.15, -0.1) is 0 Å². The summed E-state index contributed by atoms with van der Waals surface area (Å²) in [6.07, 6.45) is 15.4. The Kier molecular flexibility index (Phi) is 13.6. The minimum Gasteiger partial charge on any atom is -0.507 e. The van der Waals surface area contributed by atoms with E-state index in [1.54, 1.807) is 12.3 Å². The molecule has 1 rings (SSSR count). The number of rotatable bonds is 16. The molecule has 0 radical (unpaired) electrons. The third kappa shape index (κ3) is 11.1. The van der Waals surface area contributed by atoms with E-state index >= 15 is 0 Å². The topological polar surface area (TPSA) is 62.0 Å². The lowest BCUT2D eigenvalue weighted by atomic mass is 10.1. The van der Waals surface area contributed by atoms with Crippen LogP contribution in [0.5, 0.6) is 11.5 Å². The molecule has 0 fully saturated rings. The van der Waals surface area contributed by atoms with Crippen molar-refractivity contribution in [1.82, 2.24) is 0 Å². The van der Waals surface area contributed by atoms with Gasteiger partial charge in [0.1, 0.15) is 11.5 Å². The molecule has 0 aliphatic rings. The lowest BCUT2D eigenvalue weighted by Gasteiger charge is -2.08. The fourth-order valence-corrected chi connectivity index (χ4v) is 2.83. The van der Waals surface area contributed by atoms with Crippen LogP contribution in [0.25, 0.3) is 0 Å². The summed E-state index contributed by atoms with van der Waals surface area (Å²) >= 11 is 0. The van der Waals surface area contributed by atoms with Crippen LogP contribution in [0.1, 0.15) is 83.1 Å². The van der Waals surface area contributed by atoms with Crippen molar-refractivity contribution in [1.29, 1.82) is 0 Å². The van der Waals surface area contributed by atoms with E-state index in [-0.39, 0.29) is 12.4 Å². The summed E-state index contributed by atoms with van der Waals surface area (Å²) in [5.41, 5.74) is 0.675. The molecule has 0 atom stereocenters. The normalized spacial score (nSPS) is 11.3. The summed E-state index contributed by atoms with van der Waals surface area (Å²) in [6, 6.07) is 5.32. The first-order valence-electron chi connectivity index (χ1n) is 10.3. The molecule has 0 bridgehead atoms. The highest BCUT2D eigenvalue weighted by Gasteiger charge is 2.01. The molecule has 0 aliphatic carbocycles. The quantitative estimate of drug-likeness (QED) is 0.301. The van der Waals surface area contributed by atoms with Crippen molar-refractivity contribution < 1.29 is 14.9 Å². The third-order valence-corrected chi connectivity index (χ3v) is 4.44. The smallest absolute Gasteiger partial charge is 0.128 e. The van der Waals surface area contributed by atoms with Gasteiger partial charge in [-0.25, -0.2) is 0 Å². The second-order valence-corrected chi connectivity index (χ2v) is 6.86. The van der Waals surface area contributed by atoms with E-state index in [0.29, 0.717) is 30.9 Å². The predicted octanol–water partition coefficient (Wildman–Crippen LogP) is 5.49. The Morgan fingerprint density at radius 2 is 1.58 bits per heavy atom. The molecule has 2 N–H and O–H groups in total. The van der Waals surface area contributed by atoms with Crippen molar-refractivity contribution in [3.05, 3.63) is 23.8 Å². The Morgan fingerprint density at radius 3 is 2.19 bits per heavy atom. The number of aliphatic hydroxyl groups is 1. The SMILES string of the molecule is CCCCCCCCCCCCOc1ccc(C=NCCCO)c(O)c1. The van der Waals surface area contributed by atoms with Gasteiger partial charge >= 0.3 is 0 Å². The third-order valence-electron chi connectivity index (χ3n) is 4.44. The van der Waals surface area contributed by atoms with Crippen LogP contribution >= 0.6 is 0 Å². The molecule has 0 aromatic heterocycles. The number of aromatic hydroxyl groups is 1. The second kappa shape index (κ2) is 15.7. The number of aliphatic imine (C=N–C) groups is 1. The van der Waals surface area contributed by atoms with E-state index in [2.05, 4.69) is 11.9 Å². The summed E-state index contributed by atoms with van der Waals surface area (Å²) < 4.78 is 5.72. The average molecular weight is 364 g/mol. The number of nitrogens with zero attached hydrogens (tertiary/aromatic N) is 1. The molecule has 4 nitrogen and oxygen atoms in total. The van der Waals surface area contributed by atoms with Crippen LogP contribution in [0.3, 0.4) is 0 Å². The molecular formula is C22H37NO3. The Morgan fingerprint density at radius 1 is 0.923 bits per heavy atom. The lowest BCUT2D eigenvalue weighted by Crippen LogP contribution is -1.98. The van der Waals surface area contributed by atoms with Crippen LogP contribution < -0.4 is 4.74 Å². The van der Waals surface area contributed by atoms with E-state index in [1.165, 1.54) is 57.8 Å². The first-order chi connectivity index (χ1) is 12.8. The van der Waals surface area contributed by atoms with Gasteiger partial charge in [0.15, 0.2) is 0 Å². The Labute approximate surface area is 159 Å². The molecule has 0 saturated heterocycles. The van der Waals surface area contributed by atoms with Crippen LogP contribution in [-0.4, -0.2) is 36.2 Å². The first-order valence-corrected chi connectivity index (χ1v) is 10.3. The molecule has 0 aliphatic heterocycles. The number of hydrogen-bond acceptors (Lipinski definition) is 4. The Balaban J connectivity index is 2.08. The van der Waals surface area contributed by atoms with Crippen LogP contribution in [-0.2, 0) is 0 Å². The fraction of sp³-hybridized carbons (Fsp3) is 0.682. The van der Waals surface area contributed by atoms with Crippen LogP contribution in [0, 0.1) is 0 Å². The van der Waals surface area contributed by atoms with Crippen molar-refractivity contribution >= 4 is 6.21 Å². The number of ether oxygens (including phenoxy) is 1. The molecule has 0 saturated carbocycles. The molecule has 4 heteroatoms. The zero-order valence-corrected chi connectivity index (χ0v) is 16.5. The molecule has 148 valence electrons. The highest BCUT2D eigenvalue weighted by atomic mass is 16.5. The standard InChI is InChI=1S/C22H37NO3/c1-2-3-4-5-6-7-8-9-10-11-17-26-21-14-13-20(22(25)18-21)19-23-15-12-16-24/h13-14,18-19,24-25H,2-12,15-17H2,1H3. The van der Waals surface area contributed by atoms with E-state index in [4.69, 9.17) is 9.84 Å². The maximum absolute atomic E-state index is 10.0. The fourth-order valence-electron chi connectivity index (χ4n) is 2.83. The van der Waals surface area contributed by atoms with Gasteiger partial charge in [-0.1, -0.05) is 64.7 Å². The van der Waals surface area contributed by atoms with Gasteiger partial charge in [-0.3, -0.25) is 4.99 Å². The van der Waals surface area contributed by atoms with Crippen LogP contribution in [0.15, 0.2) is 23.2 Å². The molecule has 26 heavy (non-hydrogen) atoms. The van der Waals surface area contributed by atoms with E-state index in [0.717, 1.165) is 6.42 Å². The van der Waals surface area contributed by atoms with Gasteiger partial charge in [-0.2, -0.15) is 0 Å². The molecule has 1 aromatic carbocycles. The zero-order valence-electron chi connectivity index (χ0n) is 16.5. The average Bonchev–Trinajstić information content (AvgIpc) is 2.64. The van der Waals surface area contributed by atoms with Gasteiger partial charge in [-0.05, 0) is 25.0 Å². The number of aliphatic hydroxyl groups excluding tert-OH is 1. The summed E-state index contributed by atoms with van der Waals surface area (Å²) in [7, 11) is 0. The monoisotopic (exact) mass is 363 g/mol. The predicted molar refractivity (Wildman–Crippen MR) is 110 cm³/mol. The van der Waals surface area contributed by atoms with Crippen molar-refractivity contribution in [2.45, 2.75) is 77.6 Å². The maximum Gasteiger partial charge on any atom is 0.128 e. The van der Waals surface area contributed by atoms with Gasteiger partial charge < -0.3 is 14.9 Å². The summed E-state index contributed by atoms with van der Waals surface area (Å²) in [4.78, 5) is 4.17. The summed E-state index contributed by atoms with van der Waals surface area (Å²) in [6.45, 7) is 3.65. The number of phenolic OH excluding ortho intramolecular Hbond substituents is 1. The van der Waals surface area contributed by atoms with Crippen molar-refractivity contribution in [3.8, 4) is 11.5 Å². The Bertz CT molecular complexity index is 488. The summed E-state index contributed by atoms with van der Waals surface area (Å²) in [5, 5.41) is 18.7. The second-order valence-electron chi connectivity index (χ2n) is 6.86. The molecule has 0 unspecified atom stereocenters. The van der Waals surface area contributed by atoms with E-state index < -0.39 is 0 Å². The maximum atomic E-state index is 10.0. The van der Waals surface area contributed by atoms with Crippen LogP contribution in [0.2, 0.25) is 0 Å². The van der Waals surface area contributed by atoms with E-state index in [1.807, 2.05) is 12.1 Å². The van der Waals surface area contributed by atoms with Gasteiger partial charge in [0.25, 0.3) is 0 Å². The van der Waals surface area contributed by atoms with E-state index in [9.17, 15) is 5.11 Å². The number of hydrogen-bond donors (Lipinski definition) is 2. The number of unbranched alkanes of at least 4 members (excludes halogenated alkanes) is 9. The van der Waals surface area contributed by atoms with Crippen molar-refractivity contribution in [2.75, 3.05) is 19.8 Å². The van der Waals surface area contributed by atoms with Gasteiger partial charge in [0, 0.05) is 31.0 Å². The van der Waals surface area contributed by atoms with Gasteiger partial charge in [0.2, 0.25) is 0 Å². The number of phenols is 1. The summed E-state index contributed by atoms with van der Waals surface area (Å²) in [5.74, 6) is 0.879. The molecule has 1 aromatic rings. The minimum absolute atomic E-state index is 0.134. The first kappa shape index (κ1) is 22.5. The highest BCUT2D eigenvalue weighted by molar-refractivity contribution is 5.83. The molecule has 0 spiro atoms. The van der Waals surface area contributed by atoms with Gasteiger partial charge in [0.05, 0.1) is 6.61 Å². The van der Waals surface area contributed by atoms with Crippen LogP contribution in [0.4, 0.5) is 0 Å². The van der Waals surface area contributed by atoms with Crippen molar-refractivity contribution in [3.63, 3.8) is 0 Å². The largest absolute Gasteiger partial charge is 0.507 e.